The number of unbranched alkanes of at least 4 members (excludes halogenated alkanes) is 1. The predicted molar refractivity (Wildman–Crippen MR) is 67.2 cm³/mol. The zero-order valence-corrected chi connectivity index (χ0v) is 11.2. The molecule has 5 nitrogen and oxygen atoms in total. The van der Waals surface area contributed by atoms with E-state index in [1.54, 1.807) is 6.08 Å². The lowest BCUT2D eigenvalue weighted by atomic mass is 10.1. The highest BCUT2D eigenvalue weighted by atomic mass is 32.2. The third-order valence-corrected chi connectivity index (χ3v) is 3.62. The van der Waals surface area contributed by atoms with Crippen molar-refractivity contribution in [2.24, 2.45) is 5.92 Å². The highest BCUT2D eigenvalue weighted by Crippen LogP contribution is 2.07. The smallest absolute Gasteiger partial charge is 0.321 e. The maximum Gasteiger partial charge on any atom is 0.321 e. The van der Waals surface area contributed by atoms with E-state index in [-0.39, 0.29) is 18.1 Å². The number of nitrogens with one attached hydrogen (secondary N) is 1. The molecule has 0 aliphatic carbocycles. The van der Waals surface area contributed by atoms with Gasteiger partial charge < -0.3 is 5.11 Å². The second-order valence-corrected chi connectivity index (χ2v) is 6.26. The Morgan fingerprint density at radius 2 is 2.06 bits per heavy atom. The van der Waals surface area contributed by atoms with E-state index in [0.717, 1.165) is 0 Å². The Labute approximate surface area is 103 Å². The molecule has 0 aliphatic heterocycles. The van der Waals surface area contributed by atoms with Crippen LogP contribution < -0.4 is 4.72 Å². The first kappa shape index (κ1) is 16.1. The molecule has 1 atom stereocenters. The van der Waals surface area contributed by atoms with Crippen molar-refractivity contribution in [2.75, 3.05) is 5.75 Å². The summed E-state index contributed by atoms with van der Waals surface area (Å²) in [5, 5.41) is 8.91. The molecule has 0 bridgehead atoms. The molecule has 0 amide bonds. The summed E-state index contributed by atoms with van der Waals surface area (Å²) in [7, 11) is -3.52. The Morgan fingerprint density at radius 3 is 2.47 bits per heavy atom. The predicted octanol–water partition coefficient (Wildman–Crippen LogP) is 1.37. The Balaban J connectivity index is 4.42. The molecule has 0 aromatic carbocycles. The van der Waals surface area contributed by atoms with Crippen LogP contribution in [-0.2, 0) is 14.8 Å². The first-order valence-electron chi connectivity index (χ1n) is 5.62. The van der Waals surface area contributed by atoms with Crippen molar-refractivity contribution in [2.45, 2.75) is 39.2 Å². The molecule has 0 aromatic rings. The van der Waals surface area contributed by atoms with E-state index in [1.807, 2.05) is 13.8 Å². The van der Waals surface area contributed by atoms with Crippen molar-refractivity contribution in [1.29, 1.82) is 0 Å². The molecular formula is C11H21NO4S. The normalized spacial score (nSPS) is 13.6. The van der Waals surface area contributed by atoms with E-state index in [9.17, 15) is 13.2 Å². The Morgan fingerprint density at radius 1 is 1.47 bits per heavy atom. The van der Waals surface area contributed by atoms with Crippen molar-refractivity contribution < 1.29 is 18.3 Å². The first-order valence-corrected chi connectivity index (χ1v) is 7.27. The van der Waals surface area contributed by atoms with Gasteiger partial charge in [0.2, 0.25) is 10.0 Å². The highest BCUT2D eigenvalue weighted by Gasteiger charge is 2.24. The summed E-state index contributed by atoms with van der Waals surface area (Å²) in [5.41, 5.74) is 0. The lowest BCUT2D eigenvalue weighted by Gasteiger charge is -2.16. The van der Waals surface area contributed by atoms with Crippen molar-refractivity contribution in [3.63, 3.8) is 0 Å². The van der Waals surface area contributed by atoms with Gasteiger partial charge in [0.25, 0.3) is 0 Å². The lowest BCUT2D eigenvalue weighted by Crippen LogP contribution is -2.42. The average Bonchev–Trinajstić information content (AvgIpc) is 2.15. The van der Waals surface area contributed by atoms with Gasteiger partial charge in [-0.25, -0.2) is 13.1 Å². The minimum Gasteiger partial charge on any atom is -0.480 e. The minimum atomic E-state index is -3.52. The fraction of sp³-hybridized carbons (Fsp3) is 0.727. The number of rotatable bonds is 9. The van der Waals surface area contributed by atoms with E-state index in [1.165, 1.54) is 0 Å². The van der Waals surface area contributed by atoms with Gasteiger partial charge in [-0.3, -0.25) is 4.79 Å². The second kappa shape index (κ2) is 7.45. The number of aliphatic carboxylic acids is 1. The molecule has 0 unspecified atom stereocenters. The molecular weight excluding hydrogens is 242 g/mol. The number of carboxylic acids is 1. The fourth-order valence-corrected chi connectivity index (χ4v) is 2.66. The van der Waals surface area contributed by atoms with Gasteiger partial charge in [0, 0.05) is 0 Å². The van der Waals surface area contributed by atoms with Crippen molar-refractivity contribution >= 4 is 16.0 Å². The zero-order valence-electron chi connectivity index (χ0n) is 10.3. The van der Waals surface area contributed by atoms with Crippen LogP contribution in [0.3, 0.4) is 0 Å². The average molecular weight is 263 g/mol. The fourth-order valence-electron chi connectivity index (χ4n) is 1.36. The van der Waals surface area contributed by atoms with Crippen LogP contribution in [0.15, 0.2) is 12.7 Å². The van der Waals surface area contributed by atoms with Gasteiger partial charge in [-0.15, -0.1) is 6.58 Å². The summed E-state index contributed by atoms with van der Waals surface area (Å²) in [5.74, 6) is -1.08. The number of hydrogen-bond donors (Lipinski definition) is 2. The second-order valence-electron chi connectivity index (χ2n) is 4.39. The Bertz CT molecular complexity index is 348. The van der Waals surface area contributed by atoms with E-state index in [0.29, 0.717) is 12.8 Å². The molecule has 0 saturated heterocycles. The van der Waals surface area contributed by atoms with Gasteiger partial charge in [-0.1, -0.05) is 19.9 Å². The molecule has 0 rings (SSSR count). The van der Waals surface area contributed by atoms with Crippen molar-refractivity contribution in [3.05, 3.63) is 12.7 Å². The maximum atomic E-state index is 11.6. The number of carbonyl (C=O) groups is 1. The molecule has 0 fully saturated rings. The van der Waals surface area contributed by atoms with Crippen LogP contribution in [0.25, 0.3) is 0 Å². The van der Waals surface area contributed by atoms with Crippen molar-refractivity contribution in [1.82, 2.24) is 4.72 Å². The number of hydrogen-bond acceptors (Lipinski definition) is 3. The van der Waals surface area contributed by atoms with Crippen LogP contribution in [0.2, 0.25) is 0 Å². The minimum absolute atomic E-state index is 0.0686. The van der Waals surface area contributed by atoms with Crippen LogP contribution in [0, 0.1) is 5.92 Å². The summed E-state index contributed by atoms with van der Waals surface area (Å²) in [6.07, 6.45) is 2.98. The molecule has 0 radical (unpaired) electrons. The Kier molecular flexibility index (Phi) is 7.06. The monoisotopic (exact) mass is 263 g/mol. The molecule has 0 aromatic heterocycles. The van der Waals surface area contributed by atoms with E-state index in [2.05, 4.69) is 11.3 Å². The van der Waals surface area contributed by atoms with Gasteiger partial charge in [0.15, 0.2) is 0 Å². The van der Waals surface area contributed by atoms with Crippen LogP contribution in [0.1, 0.15) is 33.1 Å². The van der Waals surface area contributed by atoms with Crippen LogP contribution in [0.4, 0.5) is 0 Å². The molecule has 0 heterocycles. The number of carboxylic acid groups (broad SMARTS) is 1. The summed E-state index contributed by atoms with van der Waals surface area (Å²) in [6, 6.07) is -1.04. The van der Waals surface area contributed by atoms with Gasteiger partial charge >= 0.3 is 5.97 Å². The van der Waals surface area contributed by atoms with Gasteiger partial charge in [0.1, 0.15) is 6.04 Å². The van der Waals surface area contributed by atoms with E-state index < -0.39 is 22.0 Å². The van der Waals surface area contributed by atoms with Gasteiger partial charge in [-0.05, 0) is 25.2 Å². The van der Waals surface area contributed by atoms with Crippen LogP contribution in [0.5, 0.6) is 0 Å². The summed E-state index contributed by atoms with van der Waals surface area (Å²) in [6.45, 7) is 7.20. The lowest BCUT2D eigenvalue weighted by molar-refractivity contribution is -0.139. The summed E-state index contributed by atoms with van der Waals surface area (Å²) in [4.78, 5) is 10.9. The summed E-state index contributed by atoms with van der Waals surface area (Å²) < 4.78 is 25.4. The molecule has 0 spiro atoms. The zero-order chi connectivity index (χ0) is 13.5. The molecule has 17 heavy (non-hydrogen) atoms. The van der Waals surface area contributed by atoms with Gasteiger partial charge in [0.05, 0.1) is 5.75 Å². The van der Waals surface area contributed by atoms with Crippen LogP contribution >= 0.6 is 0 Å². The molecule has 100 valence electrons. The SMILES string of the molecule is C=CCCCS(=O)(=O)N[C@H](CC(C)C)C(=O)O. The Hall–Kier alpha value is -0.880. The standard InChI is InChI=1S/C11H21NO4S/c1-4-5-6-7-17(15,16)12-10(11(13)14)8-9(2)3/h4,9-10,12H,1,5-8H2,2-3H3,(H,13,14)/t10-/m1/s1. The summed E-state index contributed by atoms with van der Waals surface area (Å²) >= 11 is 0. The van der Waals surface area contributed by atoms with E-state index >= 15 is 0 Å². The molecule has 0 saturated carbocycles. The van der Waals surface area contributed by atoms with Gasteiger partial charge in [-0.2, -0.15) is 0 Å². The third kappa shape index (κ3) is 7.93. The number of allylic oxidation sites excluding steroid dienone is 1. The third-order valence-electron chi connectivity index (χ3n) is 2.15. The number of sulfonamides is 1. The maximum absolute atomic E-state index is 11.6. The van der Waals surface area contributed by atoms with Crippen molar-refractivity contribution in [3.8, 4) is 0 Å². The first-order chi connectivity index (χ1) is 7.78. The van der Waals surface area contributed by atoms with E-state index in [4.69, 9.17) is 5.11 Å². The van der Waals surface area contributed by atoms with Crippen LogP contribution in [-0.4, -0.2) is 31.3 Å². The largest absolute Gasteiger partial charge is 0.480 e. The molecule has 6 heteroatoms. The highest BCUT2D eigenvalue weighted by molar-refractivity contribution is 7.89. The molecule has 2 N–H and O–H groups in total. The quantitative estimate of drug-likeness (QED) is 0.486. The molecule has 0 aliphatic rings. The topological polar surface area (TPSA) is 83.5 Å².